The fourth-order valence-electron chi connectivity index (χ4n) is 1.93. The van der Waals surface area contributed by atoms with Crippen LogP contribution in [-0.4, -0.2) is 34.2 Å². The van der Waals surface area contributed by atoms with E-state index in [0.717, 1.165) is 38.3 Å². The van der Waals surface area contributed by atoms with Crippen molar-refractivity contribution in [1.29, 1.82) is 0 Å². The molecule has 2 N–H and O–H groups in total. The molecule has 0 amide bonds. The van der Waals surface area contributed by atoms with Gasteiger partial charge in [-0.15, -0.1) is 0 Å². The maximum absolute atomic E-state index is 5.90. The first-order chi connectivity index (χ1) is 7.28. The summed E-state index contributed by atoms with van der Waals surface area (Å²) >= 11 is 0. The van der Waals surface area contributed by atoms with Crippen LogP contribution in [0.2, 0.25) is 0 Å². The monoisotopic (exact) mass is 210 g/mol. The first-order valence-corrected chi connectivity index (χ1v) is 5.57. The zero-order valence-electron chi connectivity index (χ0n) is 9.15. The molecule has 1 atom stereocenters. The van der Waals surface area contributed by atoms with Gasteiger partial charge in [-0.25, -0.2) is 0 Å². The highest BCUT2D eigenvalue weighted by Crippen LogP contribution is 2.11. The molecule has 0 radical (unpaired) electrons. The molecule has 1 fully saturated rings. The number of piperidine rings is 1. The van der Waals surface area contributed by atoms with E-state index in [-0.39, 0.29) is 0 Å². The lowest BCUT2D eigenvalue weighted by Crippen LogP contribution is -2.42. The van der Waals surface area contributed by atoms with E-state index >= 15 is 0 Å². The van der Waals surface area contributed by atoms with Crippen molar-refractivity contribution in [2.45, 2.75) is 38.8 Å². The molecule has 0 aliphatic carbocycles. The summed E-state index contributed by atoms with van der Waals surface area (Å²) in [7, 11) is 0. The van der Waals surface area contributed by atoms with Crippen LogP contribution < -0.4 is 5.73 Å². The highest BCUT2D eigenvalue weighted by Gasteiger charge is 2.18. The van der Waals surface area contributed by atoms with E-state index in [0.29, 0.717) is 11.9 Å². The predicted octanol–water partition coefficient (Wildman–Crippen LogP) is 0.555. The minimum Gasteiger partial charge on any atom is -0.339 e. The van der Waals surface area contributed by atoms with Gasteiger partial charge in [0.1, 0.15) is 0 Å². The summed E-state index contributed by atoms with van der Waals surface area (Å²) < 4.78 is 5.06. The number of nitrogens with zero attached hydrogens (tertiary/aromatic N) is 3. The number of hydrogen-bond donors (Lipinski definition) is 1. The van der Waals surface area contributed by atoms with E-state index in [1.54, 1.807) is 0 Å². The highest BCUT2D eigenvalue weighted by atomic mass is 16.5. The predicted molar refractivity (Wildman–Crippen MR) is 56.2 cm³/mol. The van der Waals surface area contributed by atoms with Crippen molar-refractivity contribution in [3.8, 4) is 0 Å². The van der Waals surface area contributed by atoms with Crippen LogP contribution in [0.1, 0.15) is 31.5 Å². The molecule has 15 heavy (non-hydrogen) atoms. The van der Waals surface area contributed by atoms with E-state index in [1.807, 2.05) is 6.92 Å². The summed E-state index contributed by atoms with van der Waals surface area (Å²) in [5.74, 6) is 1.49. The molecule has 0 spiro atoms. The Bertz CT molecular complexity index is 312. The molecular weight excluding hydrogens is 192 g/mol. The van der Waals surface area contributed by atoms with Crippen LogP contribution in [0.25, 0.3) is 0 Å². The standard InChI is InChI=1S/C10H18N4O/c1-2-10-12-9(13-15-10)7-14-5-3-4-8(11)6-14/h8H,2-7,11H2,1H3/t8-/m0/s1. The van der Waals surface area contributed by atoms with Crippen LogP contribution in [0.4, 0.5) is 0 Å². The molecule has 0 saturated carbocycles. The summed E-state index contributed by atoms with van der Waals surface area (Å²) in [5, 5.41) is 3.94. The van der Waals surface area contributed by atoms with Crippen molar-refractivity contribution < 1.29 is 4.52 Å². The van der Waals surface area contributed by atoms with Crippen molar-refractivity contribution in [2.75, 3.05) is 13.1 Å². The van der Waals surface area contributed by atoms with E-state index in [9.17, 15) is 0 Å². The third-order valence-electron chi connectivity index (χ3n) is 2.72. The third kappa shape index (κ3) is 2.76. The van der Waals surface area contributed by atoms with Crippen LogP contribution in [0, 0.1) is 0 Å². The lowest BCUT2D eigenvalue weighted by Gasteiger charge is -2.29. The fraction of sp³-hybridized carbons (Fsp3) is 0.800. The van der Waals surface area contributed by atoms with Gasteiger partial charge in [0.25, 0.3) is 0 Å². The number of hydrogen-bond acceptors (Lipinski definition) is 5. The quantitative estimate of drug-likeness (QED) is 0.789. The van der Waals surface area contributed by atoms with Gasteiger partial charge >= 0.3 is 0 Å². The van der Waals surface area contributed by atoms with Crippen LogP contribution in [0.15, 0.2) is 4.52 Å². The van der Waals surface area contributed by atoms with E-state index in [1.165, 1.54) is 6.42 Å². The number of likely N-dealkylation sites (tertiary alicyclic amines) is 1. The Morgan fingerprint density at radius 2 is 2.47 bits per heavy atom. The Balaban J connectivity index is 1.90. The van der Waals surface area contributed by atoms with E-state index in [4.69, 9.17) is 10.3 Å². The van der Waals surface area contributed by atoms with E-state index < -0.39 is 0 Å². The Hall–Kier alpha value is -0.940. The molecule has 5 nitrogen and oxygen atoms in total. The van der Waals surface area contributed by atoms with Crippen LogP contribution >= 0.6 is 0 Å². The van der Waals surface area contributed by atoms with Crippen molar-refractivity contribution >= 4 is 0 Å². The second kappa shape index (κ2) is 4.72. The van der Waals surface area contributed by atoms with Crippen LogP contribution in [0.5, 0.6) is 0 Å². The molecular formula is C10H18N4O. The summed E-state index contributed by atoms with van der Waals surface area (Å²) in [6.45, 7) is 4.80. The minimum atomic E-state index is 0.302. The van der Waals surface area contributed by atoms with Crippen LogP contribution in [0.3, 0.4) is 0 Å². The van der Waals surface area contributed by atoms with Gasteiger partial charge in [0.15, 0.2) is 5.82 Å². The average molecular weight is 210 g/mol. The number of rotatable bonds is 3. The Labute approximate surface area is 89.6 Å². The molecule has 1 aromatic heterocycles. The minimum absolute atomic E-state index is 0.302. The topological polar surface area (TPSA) is 68.2 Å². The molecule has 0 aromatic carbocycles. The molecule has 1 aliphatic rings. The molecule has 84 valence electrons. The lowest BCUT2D eigenvalue weighted by molar-refractivity contribution is 0.195. The van der Waals surface area contributed by atoms with Gasteiger partial charge in [-0.3, -0.25) is 4.90 Å². The van der Waals surface area contributed by atoms with Gasteiger partial charge in [0.05, 0.1) is 6.54 Å². The van der Waals surface area contributed by atoms with Crippen LogP contribution in [-0.2, 0) is 13.0 Å². The van der Waals surface area contributed by atoms with Gasteiger partial charge in [0, 0.05) is 19.0 Å². The van der Waals surface area contributed by atoms with Crippen molar-refractivity contribution in [1.82, 2.24) is 15.0 Å². The molecule has 2 heterocycles. The van der Waals surface area contributed by atoms with E-state index in [2.05, 4.69) is 15.0 Å². The zero-order valence-corrected chi connectivity index (χ0v) is 9.15. The summed E-state index contributed by atoms with van der Waals surface area (Å²) in [6, 6.07) is 0.302. The van der Waals surface area contributed by atoms with Gasteiger partial charge < -0.3 is 10.3 Å². The van der Waals surface area contributed by atoms with Gasteiger partial charge in [0.2, 0.25) is 5.89 Å². The number of aromatic nitrogens is 2. The Morgan fingerprint density at radius 1 is 1.60 bits per heavy atom. The second-order valence-electron chi connectivity index (χ2n) is 4.10. The first kappa shape index (κ1) is 10.6. The molecule has 5 heteroatoms. The Kier molecular flexibility index (Phi) is 3.33. The SMILES string of the molecule is CCc1nc(CN2CCC[C@H](N)C2)no1. The third-order valence-corrected chi connectivity index (χ3v) is 2.72. The Morgan fingerprint density at radius 3 is 3.13 bits per heavy atom. The van der Waals surface area contributed by atoms with Gasteiger partial charge in [-0.05, 0) is 19.4 Å². The maximum Gasteiger partial charge on any atom is 0.226 e. The summed E-state index contributed by atoms with van der Waals surface area (Å²) in [6.07, 6.45) is 3.09. The largest absolute Gasteiger partial charge is 0.339 e. The summed E-state index contributed by atoms with van der Waals surface area (Å²) in [4.78, 5) is 6.58. The second-order valence-corrected chi connectivity index (χ2v) is 4.10. The average Bonchev–Trinajstić information content (AvgIpc) is 2.65. The van der Waals surface area contributed by atoms with Crippen molar-refractivity contribution in [3.63, 3.8) is 0 Å². The smallest absolute Gasteiger partial charge is 0.226 e. The number of aryl methyl sites for hydroxylation is 1. The van der Waals surface area contributed by atoms with Crippen molar-refractivity contribution in [2.24, 2.45) is 5.73 Å². The first-order valence-electron chi connectivity index (χ1n) is 5.57. The normalized spacial score (nSPS) is 23.2. The fourth-order valence-corrected chi connectivity index (χ4v) is 1.93. The lowest BCUT2D eigenvalue weighted by atomic mass is 10.1. The zero-order chi connectivity index (χ0) is 10.7. The molecule has 0 unspecified atom stereocenters. The number of nitrogens with two attached hydrogens (primary N) is 1. The maximum atomic E-state index is 5.90. The molecule has 0 bridgehead atoms. The highest BCUT2D eigenvalue weighted by molar-refractivity contribution is 4.87. The summed E-state index contributed by atoms with van der Waals surface area (Å²) in [5.41, 5.74) is 5.90. The van der Waals surface area contributed by atoms with Gasteiger partial charge in [-0.2, -0.15) is 4.98 Å². The molecule has 1 aromatic rings. The molecule has 1 saturated heterocycles. The van der Waals surface area contributed by atoms with Crippen molar-refractivity contribution in [3.05, 3.63) is 11.7 Å². The molecule has 2 rings (SSSR count). The van der Waals surface area contributed by atoms with Gasteiger partial charge in [-0.1, -0.05) is 12.1 Å². The molecule has 1 aliphatic heterocycles.